The van der Waals surface area contributed by atoms with Crippen LogP contribution in [0.4, 0.5) is 8.78 Å². The highest BCUT2D eigenvalue weighted by Gasteiger charge is 2.18. The van der Waals surface area contributed by atoms with Gasteiger partial charge in [0.2, 0.25) is 5.78 Å². The van der Waals surface area contributed by atoms with Crippen LogP contribution in [0.15, 0.2) is 24.3 Å². The van der Waals surface area contributed by atoms with Gasteiger partial charge >= 0.3 is 12.4 Å². The maximum atomic E-state index is 12.1. The van der Waals surface area contributed by atoms with Crippen LogP contribution < -0.4 is 5.73 Å². The van der Waals surface area contributed by atoms with Crippen molar-refractivity contribution in [1.29, 1.82) is 0 Å². The van der Waals surface area contributed by atoms with Gasteiger partial charge in [-0.2, -0.15) is 0 Å². The van der Waals surface area contributed by atoms with Crippen LogP contribution in [0.25, 0.3) is 0 Å². The SMILES string of the molecule is NC(Cc1ccc(C(=O)C(F)F)cc1)C(=O)O. The van der Waals surface area contributed by atoms with Crippen molar-refractivity contribution in [3.05, 3.63) is 35.4 Å². The summed E-state index contributed by atoms with van der Waals surface area (Å²) in [5.74, 6) is -2.39. The largest absolute Gasteiger partial charge is 0.480 e. The average Bonchev–Trinajstić information content (AvgIpc) is 2.28. The Morgan fingerprint density at radius 3 is 2.18 bits per heavy atom. The molecule has 1 aromatic rings. The summed E-state index contributed by atoms with van der Waals surface area (Å²) in [7, 11) is 0. The van der Waals surface area contributed by atoms with Crippen LogP contribution in [0.5, 0.6) is 0 Å². The van der Waals surface area contributed by atoms with Crippen molar-refractivity contribution in [1.82, 2.24) is 0 Å². The van der Waals surface area contributed by atoms with Crippen LogP contribution in [0.3, 0.4) is 0 Å². The lowest BCUT2D eigenvalue weighted by Gasteiger charge is -2.07. The molecule has 0 aliphatic heterocycles. The summed E-state index contributed by atoms with van der Waals surface area (Å²) in [6.07, 6.45) is -2.96. The molecule has 0 aliphatic rings. The molecule has 0 aromatic heterocycles. The lowest BCUT2D eigenvalue weighted by atomic mass is 10.0. The van der Waals surface area contributed by atoms with E-state index < -0.39 is 24.2 Å². The number of alkyl halides is 2. The van der Waals surface area contributed by atoms with Crippen molar-refractivity contribution in [2.75, 3.05) is 0 Å². The Labute approximate surface area is 96.0 Å². The second kappa shape index (κ2) is 5.49. The van der Waals surface area contributed by atoms with Gasteiger partial charge in [0, 0.05) is 5.56 Å². The Morgan fingerprint density at radius 2 is 1.76 bits per heavy atom. The lowest BCUT2D eigenvalue weighted by Crippen LogP contribution is -2.32. The molecule has 0 bridgehead atoms. The third kappa shape index (κ3) is 3.60. The standard InChI is InChI=1S/C11H11F2NO3/c12-10(13)9(15)7-3-1-6(2-4-7)5-8(14)11(16)17/h1-4,8,10H,5,14H2,(H,16,17). The van der Waals surface area contributed by atoms with Gasteiger partial charge in [-0.15, -0.1) is 0 Å². The smallest absolute Gasteiger partial charge is 0.320 e. The average molecular weight is 243 g/mol. The van der Waals surface area contributed by atoms with E-state index in [9.17, 15) is 18.4 Å². The molecular weight excluding hydrogens is 232 g/mol. The summed E-state index contributed by atoms with van der Waals surface area (Å²) in [6.45, 7) is 0. The molecule has 0 radical (unpaired) electrons. The van der Waals surface area contributed by atoms with E-state index in [1.54, 1.807) is 0 Å². The maximum Gasteiger partial charge on any atom is 0.320 e. The Bertz CT molecular complexity index is 417. The highest BCUT2D eigenvalue weighted by atomic mass is 19.3. The number of hydrogen-bond acceptors (Lipinski definition) is 3. The number of rotatable bonds is 5. The van der Waals surface area contributed by atoms with Crippen LogP contribution in [-0.2, 0) is 11.2 Å². The van der Waals surface area contributed by atoms with E-state index in [1.165, 1.54) is 24.3 Å². The van der Waals surface area contributed by atoms with Gasteiger partial charge in [-0.05, 0) is 12.0 Å². The first-order chi connectivity index (χ1) is 7.91. The fourth-order valence-electron chi connectivity index (χ4n) is 1.27. The first-order valence-corrected chi connectivity index (χ1v) is 4.81. The van der Waals surface area contributed by atoms with Crippen LogP contribution in [0.1, 0.15) is 15.9 Å². The van der Waals surface area contributed by atoms with E-state index in [1.807, 2.05) is 0 Å². The molecule has 1 rings (SSSR count). The van der Waals surface area contributed by atoms with Gasteiger partial charge in [-0.1, -0.05) is 24.3 Å². The number of benzene rings is 1. The molecule has 0 saturated carbocycles. The minimum Gasteiger partial charge on any atom is -0.480 e. The number of carbonyl (C=O) groups excluding carboxylic acids is 1. The number of carbonyl (C=O) groups is 2. The Balaban J connectivity index is 2.75. The van der Waals surface area contributed by atoms with Crippen molar-refractivity contribution in [3.8, 4) is 0 Å². The van der Waals surface area contributed by atoms with Crippen molar-refractivity contribution < 1.29 is 23.5 Å². The van der Waals surface area contributed by atoms with Crippen LogP contribution in [0, 0.1) is 0 Å². The molecule has 6 heteroatoms. The summed E-state index contributed by atoms with van der Waals surface area (Å²) < 4.78 is 24.2. The number of aliphatic carboxylic acids is 1. The molecule has 1 aromatic carbocycles. The summed E-state index contributed by atoms with van der Waals surface area (Å²) >= 11 is 0. The number of Topliss-reactive ketones (excluding diaryl/α,β-unsaturated/α-hetero) is 1. The molecule has 0 saturated heterocycles. The van der Waals surface area contributed by atoms with E-state index in [0.717, 1.165) is 0 Å². The molecule has 0 fully saturated rings. The first-order valence-electron chi connectivity index (χ1n) is 4.81. The topological polar surface area (TPSA) is 80.4 Å². The van der Waals surface area contributed by atoms with Gasteiger partial charge in [-0.25, -0.2) is 8.78 Å². The predicted molar refractivity (Wildman–Crippen MR) is 56.1 cm³/mol. The second-order valence-electron chi connectivity index (χ2n) is 3.51. The zero-order valence-electron chi connectivity index (χ0n) is 8.77. The van der Waals surface area contributed by atoms with E-state index in [4.69, 9.17) is 10.8 Å². The molecule has 0 amide bonds. The fraction of sp³-hybridized carbons (Fsp3) is 0.273. The van der Waals surface area contributed by atoms with Crippen LogP contribution in [0.2, 0.25) is 0 Å². The minimum absolute atomic E-state index is 0.0818. The van der Waals surface area contributed by atoms with Crippen molar-refractivity contribution in [2.24, 2.45) is 5.73 Å². The third-order valence-corrected chi connectivity index (χ3v) is 2.21. The van der Waals surface area contributed by atoms with E-state index in [0.29, 0.717) is 5.56 Å². The molecule has 1 atom stereocenters. The molecule has 0 aliphatic carbocycles. The fourth-order valence-corrected chi connectivity index (χ4v) is 1.27. The Morgan fingerprint density at radius 1 is 1.24 bits per heavy atom. The molecular formula is C11H11F2NO3. The summed E-state index contributed by atoms with van der Waals surface area (Å²) in [5.41, 5.74) is 5.78. The zero-order valence-corrected chi connectivity index (χ0v) is 8.77. The maximum absolute atomic E-state index is 12.1. The van der Waals surface area contributed by atoms with Gasteiger partial charge in [0.25, 0.3) is 0 Å². The van der Waals surface area contributed by atoms with Crippen molar-refractivity contribution in [3.63, 3.8) is 0 Å². The van der Waals surface area contributed by atoms with Gasteiger partial charge in [0.05, 0.1) is 0 Å². The normalized spacial score (nSPS) is 12.5. The molecule has 4 nitrogen and oxygen atoms in total. The van der Waals surface area contributed by atoms with Gasteiger partial charge in [0.1, 0.15) is 6.04 Å². The summed E-state index contributed by atoms with van der Waals surface area (Å²) in [6, 6.07) is 4.25. The number of halogens is 2. The number of carboxylic acids is 1. The highest BCUT2D eigenvalue weighted by molar-refractivity contribution is 5.98. The van der Waals surface area contributed by atoms with E-state index >= 15 is 0 Å². The van der Waals surface area contributed by atoms with Crippen LogP contribution >= 0.6 is 0 Å². The monoisotopic (exact) mass is 243 g/mol. The molecule has 0 heterocycles. The van der Waals surface area contributed by atoms with Gasteiger partial charge in [-0.3, -0.25) is 9.59 Å². The lowest BCUT2D eigenvalue weighted by molar-refractivity contribution is -0.138. The molecule has 1 unspecified atom stereocenters. The molecule has 3 N–H and O–H groups in total. The summed E-state index contributed by atoms with van der Waals surface area (Å²) in [5, 5.41) is 8.58. The van der Waals surface area contributed by atoms with Crippen molar-refractivity contribution >= 4 is 11.8 Å². The quantitative estimate of drug-likeness (QED) is 0.758. The number of ketones is 1. The summed E-state index contributed by atoms with van der Waals surface area (Å²) in [4.78, 5) is 21.4. The zero-order chi connectivity index (χ0) is 13.0. The second-order valence-corrected chi connectivity index (χ2v) is 3.51. The van der Waals surface area contributed by atoms with E-state index in [2.05, 4.69) is 0 Å². The highest BCUT2D eigenvalue weighted by Crippen LogP contribution is 2.10. The number of hydrogen-bond donors (Lipinski definition) is 2. The van der Waals surface area contributed by atoms with Gasteiger partial charge < -0.3 is 10.8 Å². The molecule has 92 valence electrons. The minimum atomic E-state index is -3.04. The Hall–Kier alpha value is -1.82. The van der Waals surface area contributed by atoms with Crippen molar-refractivity contribution in [2.45, 2.75) is 18.9 Å². The predicted octanol–water partition coefficient (Wildman–Crippen LogP) is 1.09. The van der Waals surface area contributed by atoms with E-state index in [-0.39, 0.29) is 12.0 Å². The molecule has 17 heavy (non-hydrogen) atoms. The van der Waals surface area contributed by atoms with Gasteiger partial charge in [0.15, 0.2) is 0 Å². The third-order valence-electron chi connectivity index (χ3n) is 2.21. The first kappa shape index (κ1) is 13.2. The Kier molecular flexibility index (Phi) is 4.28. The number of nitrogens with two attached hydrogens (primary N) is 1. The van der Waals surface area contributed by atoms with Crippen LogP contribution in [-0.4, -0.2) is 29.3 Å². The number of carboxylic acid groups (broad SMARTS) is 1. The molecule has 0 spiro atoms.